The lowest BCUT2D eigenvalue weighted by molar-refractivity contribution is 0.295. The average Bonchev–Trinajstić information content (AvgIpc) is 2.71. The number of allylic oxidation sites excluding steroid dienone is 1. The van der Waals surface area contributed by atoms with Gasteiger partial charge in [0.25, 0.3) is 0 Å². The molecule has 2 atom stereocenters. The van der Waals surface area contributed by atoms with Crippen LogP contribution in [0.15, 0.2) is 11.6 Å². The van der Waals surface area contributed by atoms with Crippen LogP contribution in [0.2, 0.25) is 0 Å². The summed E-state index contributed by atoms with van der Waals surface area (Å²) >= 11 is 0. The van der Waals surface area contributed by atoms with E-state index >= 15 is 0 Å². The van der Waals surface area contributed by atoms with Gasteiger partial charge in [-0.15, -0.1) is 0 Å². The third-order valence-corrected chi connectivity index (χ3v) is 3.13. The summed E-state index contributed by atoms with van der Waals surface area (Å²) in [7, 11) is 0. The number of alkyl halides is 1. The number of hydrogen-bond acceptors (Lipinski definition) is 1. The third-order valence-electron chi connectivity index (χ3n) is 3.13. The Balaban J connectivity index is 1.94. The van der Waals surface area contributed by atoms with Crippen LogP contribution in [0, 0.1) is 0 Å². The fraction of sp³-hybridized carbons (Fsp3) is 0.818. The fourth-order valence-corrected chi connectivity index (χ4v) is 2.33. The second-order valence-corrected chi connectivity index (χ2v) is 4.13. The molecule has 0 bridgehead atoms. The Bertz CT molecular complexity index is 194. The largest absolute Gasteiger partial charge is 0.311 e. The summed E-state index contributed by atoms with van der Waals surface area (Å²) in [6, 6.07) is 0.115. The molecule has 1 aliphatic carbocycles. The first-order valence-electron chi connectivity index (χ1n) is 5.44. The van der Waals surface area contributed by atoms with E-state index in [4.69, 9.17) is 0 Å². The molecule has 13 heavy (non-hydrogen) atoms. The summed E-state index contributed by atoms with van der Waals surface area (Å²) in [5, 5.41) is 3.24. The number of hydrogen-bond donors (Lipinski definition) is 1. The van der Waals surface area contributed by atoms with Gasteiger partial charge in [0.2, 0.25) is 0 Å². The molecule has 0 spiro atoms. The van der Waals surface area contributed by atoms with E-state index in [1.807, 2.05) is 0 Å². The lowest BCUT2D eigenvalue weighted by Gasteiger charge is -2.21. The standard InChI is InChI=1S/C11H18FN/c12-11(10-7-4-8-13-10)9-5-2-1-3-6-9/h5,10-11,13H,1-4,6-8H2. The number of nitrogens with one attached hydrogen (secondary N) is 1. The van der Waals surface area contributed by atoms with Crippen LogP contribution in [-0.2, 0) is 0 Å². The van der Waals surface area contributed by atoms with Gasteiger partial charge in [-0.1, -0.05) is 6.08 Å². The quantitative estimate of drug-likeness (QED) is 0.649. The van der Waals surface area contributed by atoms with Gasteiger partial charge in [-0.2, -0.15) is 0 Å². The van der Waals surface area contributed by atoms with Gasteiger partial charge in [-0.25, -0.2) is 4.39 Å². The van der Waals surface area contributed by atoms with Crippen molar-refractivity contribution in [2.75, 3.05) is 6.54 Å². The Kier molecular flexibility index (Phi) is 2.99. The molecule has 1 nitrogen and oxygen atoms in total. The molecule has 2 heteroatoms. The summed E-state index contributed by atoms with van der Waals surface area (Å²) in [5.74, 6) is 0. The van der Waals surface area contributed by atoms with Crippen molar-refractivity contribution in [2.45, 2.75) is 50.7 Å². The summed E-state index contributed by atoms with van der Waals surface area (Å²) in [6.45, 7) is 0.998. The minimum absolute atomic E-state index is 0.115. The van der Waals surface area contributed by atoms with Crippen molar-refractivity contribution in [3.63, 3.8) is 0 Å². The maximum absolute atomic E-state index is 13.9. The minimum atomic E-state index is -0.706. The normalized spacial score (nSPS) is 31.5. The highest BCUT2D eigenvalue weighted by atomic mass is 19.1. The summed E-state index contributed by atoms with van der Waals surface area (Å²) in [4.78, 5) is 0. The Morgan fingerprint density at radius 2 is 2.31 bits per heavy atom. The SMILES string of the molecule is FC(C1=CCCCC1)C1CCCN1. The molecule has 74 valence electrons. The zero-order valence-corrected chi connectivity index (χ0v) is 8.06. The molecular weight excluding hydrogens is 165 g/mol. The van der Waals surface area contributed by atoms with E-state index in [1.54, 1.807) is 0 Å². The lowest BCUT2D eigenvalue weighted by atomic mass is 9.92. The molecule has 0 radical (unpaired) electrons. The smallest absolute Gasteiger partial charge is 0.136 e. The molecule has 1 fully saturated rings. The Hall–Kier alpha value is -0.370. The Labute approximate surface area is 79.4 Å². The molecule has 1 N–H and O–H groups in total. The second-order valence-electron chi connectivity index (χ2n) is 4.13. The second kappa shape index (κ2) is 4.23. The molecular formula is C11H18FN. The number of rotatable bonds is 2. The van der Waals surface area contributed by atoms with E-state index in [-0.39, 0.29) is 6.04 Å². The van der Waals surface area contributed by atoms with E-state index in [1.165, 1.54) is 12.8 Å². The molecule has 0 aromatic rings. The molecule has 0 amide bonds. The van der Waals surface area contributed by atoms with Crippen LogP contribution in [0.3, 0.4) is 0 Å². The van der Waals surface area contributed by atoms with Crippen LogP contribution in [0.25, 0.3) is 0 Å². The molecule has 2 unspecified atom stereocenters. The van der Waals surface area contributed by atoms with Crippen molar-refractivity contribution in [3.8, 4) is 0 Å². The van der Waals surface area contributed by atoms with Gasteiger partial charge in [0.15, 0.2) is 0 Å². The molecule has 2 aliphatic rings. The zero-order valence-electron chi connectivity index (χ0n) is 8.06. The zero-order chi connectivity index (χ0) is 9.10. The first-order valence-corrected chi connectivity index (χ1v) is 5.44. The third kappa shape index (κ3) is 2.11. The van der Waals surface area contributed by atoms with Crippen molar-refractivity contribution >= 4 is 0 Å². The molecule has 0 aromatic heterocycles. The highest BCUT2D eigenvalue weighted by Crippen LogP contribution is 2.26. The predicted molar refractivity (Wildman–Crippen MR) is 52.5 cm³/mol. The van der Waals surface area contributed by atoms with Crippen molar-refractivity contribution in [1.82, 2.24) is 5.32 Å². The van der Waals surface area contributed by atoms with Gasteiger partial charge < -0.3 is 5.32 Å². The Morgan fingerprint density at radius 3 is 2.92 bits per heavy atom. The summed E-state index contributed by atoms with van der Waals surface area (Å²) in [5.41, 5.74) is 1.06. The van der Waals surface area contributed by atoms with Crippen LogP contribution >= 0.6 is 0 Å². The van der Waals surface area contributed by atoms with E-state index < -0.39 is 6.17 Å². The predicted octanol–water partition coefficient (Wildman–Crippen LogP) is 2.58. The Morgan fingerprint density at radius 1 is 1.38 bits per heavy atom. The highest BCUT2D eigenvalue weighted by Gasteiger charge is 2.27. The van der Waals surface area contributed by atoms with Gasteiger partial charge in [0.05, 0.1) is 0 Å². The summed E-state index contributed by atoms with van der Waals surface area (Å²) in [6.07, 6.45) is 8.06. The lowest BCUT2D eigenvalue weighted by Crippen LogP contribution is -2.33. The van der Waals surface area contributed by atoms with Crippen LogP contribution in [0.1, 0.15) is 38.5 Å². The van der Waals surface area contributed by atoms with Crippen LogP contribution in [0.4, 0.5) is 4.39 Å². The number of halogens is 1. The minimum Gasteiger partial charge on any atom is -0.311 e. The van der Waals surface area contributed by atoms with Crippen LogP contribution in [0.5, 0.6) is 0 Å². The molecule has 1 heterocycles. The van der Waals surface area contributed by atoms with Crippen molar-refractivity contribution in [1.29, 1.82) is 0 Å². The van der Waals surface area contributed by atoms with E-state index in [0.717, 1.165) is 37.8 Å². The van der Waals surface area contributed by atoms with Crippen molar-refractivity contribution in [3.05, 3.63) is 11.6 Å². The molecule has 0 saturated carbocycles. The first kappa shape index (κ1) is 9.20. The maximum Gasteiger partial charge on any atom is 0.136 e. The average molecular weight is 183 g/mol. The van der Waals surface area contributed by atoms with E-state index in [0.29, 0.717) is 0 Å². The van der Waals surface area contributed by atoms with Crippen molar-refractivity contribution < 1.29 is 4.39 Å². The van der Waals surface area contributed by atoms with Gasteiger partial charge in [0, 0.05) is 6.04 Å². The van der Waals surface area contributed by atoms with Crippen LogP contribution < -0.4 is 5.32 Å². The topological polar surface area (TPSA) is 12.0 Å². The van der Waals surface area contributed by atoms with E-state index in [2.05, 4.69) is 11.4 Å². The van der Waals surface area contributed by atoms with Gasteiger partial charge in [-0.05, 0) is 50.6 Å². The van der Waals surface area contributed by atoms with E-state index in [9.17, 15) is 4.39 Å². The molecule has 2 rings (SSSR count). The van der Waals surface area contributed by atoms with Crippen LogP contribution in [-0.4, -0.2) is 18.8 Å². The van der Waals surface area contributed by atoms with Gasteiger partial charge in [0.1, 0.15) is 6.17 Å². The molecule has 1 saturated heterocycles. The molecule has 1 aliphatic heterocycles. The monoisotopic (exact) mass is 183 g/mol. The first-order chi connectivity index (χ1) is 6.38. The van der Waals surface area contributed by atoms with Crippen molar-refractivity contribution in [2.24, 2.45) is 0 Å². The van der Waals surface area contributed by atoms with Gasteiger partial charge in [-0.3, -0.25) is 0 Å². The summed E-state index contributed by atoms with van der Waals surface area (Å²) < 4.78 is 13.9. The fourth-order valence-electron chi connectivity index (χ4n) is 2.33. The van der Waals surface area contributed by atoms with Gasteiger partial charge >= 0.3 is 0 Å². The maximum atomic E-state index is 13.9. The molecule has 0 aromatic carbocycles. The highest BCUT2D eigenvalue weighted by molar-refractivity contribution is 5.14.